The van der Waals surface area contributed by atoms with Gasteiger partial charge in [0.25, 0.3) is 11.5 Å². The van der Waals surface area contributed by atoms with Crippen LogP contribution in [-0.4, -0.2) is 6.00 Å². The van der Waals surface area contributed by atoms with Crippen molar-refractivity contribution in [2.24, 2.45) is 4.36 Å². The number of halogens is 3. The van der Waals surface area contributed by atoms with Crippen molar-refractivity contribution in [3.63, 3.8) is 0 Å². The predicted octanol–water partition coefficient (Wildman–Crippen LogP) is 1.75. The number of hydrogen-bond acceptors (Lipinski definition) is 1. The summed E-state index contributed by atoms with van der Waals surface area (Å²) in [5.41, 5.74) is 0. The van der Waals surface area contributed by atoms with Gasteiger partial charge < -0.3 is 0 Å². The smallest absolute Gasteiger partial charge is 0.190 e. The molecule has 5 heteroatoms. The second kappa shape index (κ2) is 3.49. The van der Waals surface area contributed by atoms with Crippen molar-refractivity contribution in [3.8, 4) is 0 Å². The van der Waals surface area contributed by atoms with E-state index in [2.05, 4.69) is 4.36 Å². The van der Waals surface area contributed by atoms with E-state index in [-0.39, 0.29) is 6.00 Å². The zero-order valence-corrected chi connectivity index (χ0v) is 4.27. The maximum absolute atomic E-state index is 10.8. The fourth-order valence-electron chi connectivity index (χ4n) is 0.0369. The molecule has 0 aliphatic rings. The van der Waals surface area contributed by atoms with Gasteiger partial charge in [0.05, 0.1) is 0 Å². The fourth-order valence-corrected chi connectivity index (χ4v) is 0.332. The maximum atomic E-state index is 10.8. The predicted molar refractivity (Wildman–Crippen MR) is 22.7 cm³/mol. The Morgan fingerprint density at radius 3 is 2.17 bits per heavy atom. The molecule has 38 valence electrons. The monoisotopic (exact) mass is 133 g/mol. The highest BCUT2D eigenvalue weighted by molar-refractivity contribution is 7.76. The molecular weight excluding hydrogens is 132 g/mol. The fraction of sp³-hybridized carbons (Fsp3) is 1.00. The Kier molecular flexibility index (Phi) is 3.66. The minimum atomic E-state index is -2.82. The molecule has 1 nitrogen and oxygen atoms in total. The number of rotatable bonds is 1. The summed E-state index contributed by atoms with van der Waals surface area (Å²) in [7, 11) is 0. The molecule has 0 aromatic rings. The van der Waals surface area contributed by atoms with E-state index >= 15 is 0 Å². The van der Waals surface area contributed by atoms with Gasteiger partial charge in [-0.1, -0.05) is 11.6 Å². The third kappa shape index (κ3) is 4.30. The van der Waals surface area contributed by atoms with E-state index in [4.69, 9.17) is 11.6 Å². The summed E-state index contributed by atoms with van der Waals surface area (Å²) in [4.78, 5) is 0. The highest BCUT2D eigenvalue weighted by atomic mass is 35.5. The molecule has 0 aromatic carbocycles. The van der Waals surface area contributed by atoms with Crippen molar-refractivity contribution >= 4 is 23.1 Å². The van der Waals surface area contributed by atoms with Gasteiger partial charge in [-0.25, -0.2) is 0 Å². The van der Waals surface area contributed by atoms with Crippen LogP contribution in [0.5, 0.6) is 0 Å². The maximum Gasteiger partial charge on any atom is 0.262 e. The Balaban J connectivity index is 3.14. The van der Waals surface area contributed by atoms with Gasteiger partial charge in [-0.05, 0) is 0 Å². The molecule has 0 rings (SSSR count). The summed E-state index contributed by atoms with van der Waals surface area (Å²) in [6, 6.07) is -0.309. The molecule has 0 aromatic heterocycles. The van der Waals surface area contributed by atoms with Crippen LogP contribution in [0.15, 0.2) is 4.36 Å². The highest BCUT2D eigenvalue weighted by Gasteiger charge is 1.78. The van der Waals surface area contributed by atoms with Gasteiger partial charge in [-0.2, -0.15) is 4.36 Å². The lowest BCUT2D eigenvalue weighted by Gasteiger charge is -1.71. The molecule has 0 radical (unpaired) electrons. The lowest BCUT2D eigenvalue weighted by molar-refractivity contribution is 0.782. The van der Waals surface area contributed by atoms with Crippen LogP contribution in [-0.2, 0) is 11.5 Å². The highest BCUT2D eigenvalue weighted by Crippen LogP contribution is 1.90. The Hall–Kier alpha value is 0.300. The molecule has 0 spiro atoms. The van der Waals surface area contributed by atoms with E-state index in [0.717, 1.165) is 0 Å². The molecule has 0 amide bonds. The van der Waals surface area contributed by atoms with E-state index in [1.54, 1.807) is 0 Å². The van der Waals surface area contributed by atoms with Crippen LogP contribution in [0.1, 0.15) is 0 Å². The molecule has 6 heavy (non-hydrogen) atoms. The third-order valence-electron chi connectivity index (χ3n) is 0.146. The van der Waals surface area contributed by atoms with Gasteiger partial charge in [0, 0.05) is 0 Å². The number of hydrogen-bond donors (Lipinski definition) is 0. The van der Waals surface area contributed by atoms with Crippen molar-refractivity contribution in [1.29, 1.82) is 0 Å². The van der Waals surface area contributed by atoms with Crippen LogP contribution in [0.4, 0.5) is 7.77 Å². The lowest BCUT2D eigenvalue weighted by atomic mass is 11.6. The molecule has 0 N–H and O–H groups in total. The van der Waals surface area contributed by atoms with Gasteiger partial charge in [-0.15, -0.1) is 7.77 Å². The molecule has 0 aliphatic carbocycles. The first-order valence-electron chi connectivity index (χ1n) is 1.07. The summed E-state index contributed by atoms with van der Waals surface area (Å²) >= 11 is 1.93. The minimum absolute atomic E-state index is 0.309. The first kappa shape index (κ1) is 6.30. The molecule has 0 heterocycles. The number of nitrogens with zero attached hydrogens (tertiary/aromatic N) is 1. The summed E-state index contributed by atoms with van der Waals surface area (Å²) in [6.45, 7) is 0. The van der Waals surface area contributed by atoms with Crippen molar-refractivity contribution < 1.29 is 7.77 Å². The normalized spacial score (nSPS) is 9.33. The first-order valence-corrected chi connectivity index (χ1v) is 2.59. The lowest BCUT2D eigenvalue weighted by Crippen LogP contribution is -1.62. The molecule has 0 aliphatic heterocycles. The topological polar surface area (TPSA) is 12.4 Å². The van der Waals surface area contributed by atoms with E-state index in [1.165, 1.54) is 0 Å². The van der Waals surface area contributed by atoms with Crippen molar-refractivity contribution in [3.05, 3.63) is 0 Å². The van der Waals surface area contributed by atoms with Crippen molar-refractivity contribution in [1.82, 2.24) is 0 Å². The average Bonchev–Trinajstić information content (AvgIpc) is 1.35. The van der Waals surface area contributed by atoms with Crippen molar-refractivity contribution in [2.45, 2.75) is 0 Å². The van der Waals surface area contributed by atoms with E-state index < -0.39 is 11.5 Å². The van der Waals surface area contributed by atoms with Crippen LogP contribution in [0.2, 0.25) is 0 Å². The quantitative estimate of drug-likeness (QED) is 0.382. The molecule has 0 atom stereocenters. The number of alkyl halides is 1. The summed E-state index contributed by atoms with van der Waals surface area (Å²) < 4.78 is 24.2. The van der Waals surface area contributed by atoms with Crippen molar-refractivity contribution in [2.75, 3.05) is 6.00 Å². The molecular formula is CH2ClF2NS. The van der Waals surface area contributed by atoms with E-state index in [0.29, 0.717) is 0 Å². The van der Waals surface area contributed by atoms with Crippen LogP contribution < -0.4 is 0 Å². The first-order chi connectivity index (χ1) is 2.77. The second-order valence-corrected chi connectivity index (χ2v) is 1.33. The van der Waals surface area contributed by atoms with E-state index in [9.17, 15) is 7.77 Å². The average molecular weight is 134 g/mol. The van der Waals surface area contributed by atoms with Crippen LogP contribution >= 0.6 is 11.6 Å². The largest absolute Gasteiger partial charge is 0.262 e. The molecule has 0 unspecified atom stereocenters. The Morgan fingerprint density at radius 1 is 1.67 bits per heavy atom. The molecule has 0 bridgehead atoms. The van der Waals surface area contributed by atoms with Gasteiger partial charge >= 0.3 is 0 Å². The van der Waals surface area contributed by atoms with Gasteiger partial charge in [0.2, 0.25) is 0 Å². The molecule has 0 fully saturated rings. The summed E-state index contributed by atoms with van der Waals surface area (Å²) in [6.07, 6.45) is 0. The van der Waals surface area contributed by atoms with Gasteiger partial charge in [0.1, 0.15) is 6.00 Å². The summed E-state index contributed by atoms with van der Waals surface area (Å²) in [5.74, 6) is 0. The Bertz CT molecular complexity index is 60.6. The van der Waals surface area contributed by atoms with Gasteiger partial charge in [0.15, 0.2) is 0 Å². The zero-order chi connectivity index (χ0) is 4.99. The third-order valence-corrected chi connectivity index (χ3v) is 0.732. The van der Waals surface area contributed by atoms with Crippen LogP contribution in [0, 0.1) is 0 Å². The van der Waals surface area contributed by atoms with Crippen LogP contribution in [0.25, 0.3) is 0 Å². The SMILES string of the molecule is FS(F)=NCCl. The van der Waals surface area contributed by atoms with E-state index in [1.807, 2.05) is 0 Å². The molecule has 0 saturated heterocycles. The second-order valence-electron chi connectivity index (χ2n) is 0.445. The van der Waals surface area contributed by atoms with Crippen LogP contribution in [0.3, 0.4) is 0 Å². The molecule has 0 saturated carbocycles. The minimum Gasteiger partial charge on any atom is -0.190 e. The Morgan fingerprint density at radius 2 is 2.17 bits per heavy atom. The van der Waals surface area contributed by atoms with Gasteiger partial charge in [-0.3, -0.25) is 0 Å². The zero-order valence-electron chi connectivity index (χ0n) is 2.70. The Labute approximate surface area is 42.0 Å². The standard InChI is InChI=1S/CH2ClF2NS/c2-1-5-6(3)4/h1H2. The summed E-state index contributed by atoms with van der Waals surface area (Å²) in [5, 5.41) is 0.